The second-order valence-corrected chi connectivity index (χ2v) is 6.94. The first-order chi connectivity index (χ1) is 10.0. The van der Waals surface area contributed by atoms with Crippen LogP contribution in [0.15, 0.2) is 12.4 Å². The fraction of sp³-hybridized carbons (Fsp3) is 0.824. The number of aryl methyl sites for hydroxylation is 1. The Morgan fingerprint density at radius 2 is 1.95 bits per heavy atom. The van der Waals surface area contributed by atoms with Gasteiger partial charge in [-0.25, -0.2) is 4.98 Å². The van der Waals surface area contributed by atoms with Crippen LogP contribution in [0.4, 0.5) is 0 Å². The van der Waals surface area contributed by atoms with Gasteiger partial charge in [-0.15, -0.1) is 0 Å². The summed E-state index contributed by atoms with van der Waals surface area (Å²) in [4.78, 5) is 6.76. The van der Waals surface area contributed by atoms with Crippen LogP contribution in [0, 0.1) is 6.92 Å². The molecule has 1 aromatic heterocycles. The van der Waals surface area contributed by atoms with E-state index in [1.807, 2.05) is 6.20 Å². The molecule has 21 heavy (non-hydrogen) atoms. The largest absolute Gasteiger partial charge is 0.334 e. The summed E-state index contributed by atoms with van der Waals surface area (Å²) in [6.45, 7) is 6.43. The van der Waals surface area contributed by atoms with Gasteiger partial charge < -0.3 is 14.8 Å². The monoisotopic (exact) mass is 292 g/mol. The number of likely N-dealkylation sites (N-methyl/N-ethyl adjacent to an activating group) is 1. The van der Waals surface area contributed by atoms with Crippen molar-refractivity contribution >= 4 is 0 Å². The Balaban J connectivity index is 1.90. The topological polar surface area (TPSA) is 33.1 Å². The highest BCUT2D eigenvalue weighted by Gasteiger charge is 2.33. The van der Waals surface area contributed by atoms with Crippen LogP contribution in [0.5, 0.6) is 0 Å². The molecule has 1 aliphatic rings. The van der Waals surface area contributed by atoms with Crippen molar-refractivity contribution in [3.63, 3.8) is 0 Å². The summed E-state index contributed by atoms with van der Waals surface area (Å²) in [5.74, 6) is 1.10. The Hall–Kier alpha value is -0.870. The van der Waals surface area contributed by atoms with Crippen LogP contribution in [-0.2, 0) is 6.54 Å². The first-order valence-electron chi connectivity index (χ1n) is 8.42. The fourth-order valence-corrected chi connectivity index (χ4v) is 3.49. The molecule has 1 N–H and O–H groups in total. The van der Waals surface area contributed by atoms with Crippen LogP contribution < -0.4 is 5.32 Å². The van der Waals surface area contributed by atoms with Crippen LogP contribution in [0.2, 0.25) is 0 Å². The van der Waals surface area contributed by atoms with E-state index >= 15 is 0 Å². The molecule has 1 fully saturated rings. The predicted octanol–water partition coefficient (Wildman–Crippen LogP) is 2.82. The van der Waals surface area contributed by atoms with Gasteiger partial charge in [0.2, 0.25) is 0 Å². The lowest BCUT2D eigenvalue weighted by Crippen LogP contribution is -2.53. The second kappa shape index (κ2) is 7.41. The SMILES string of the molecule is Cc1nccn1CC(C)NCC1(N(C)C)CCCCCC1. The van der Waals surface area contributed by atoms with Crippen molar-refractivity contribution in [1.29, 1.82) is 0 Å². The first kappa shape index (κ1) is 16.5. The maximum absolute atomic E-state index is 4.30. The highest BCUT2D eigenvalue weighted by molar-refractivity contribution is 4.93. The Bertz CT molecular complexity index is 416. The molecule has 1 aromatic rings. The van der Waals surface area contributed by atoms with E-state index in [-0.39, 0.29) is 0 Å². The maximum atomic E-state index is 4.30. The Morgan fingerprint density at radius 3 is 2.48 bits per heavy atom. The molecule has 0 aliphatic heterocycles. The van der Waals surface area contributed by atoms with Crippen molar-refractivity contribution in [2.75, 3.05) is 20.6 Å². The summed E-state index contributed by atoms with van der Waals surface area (Å²) >= 11 is 0. The Labute approximate surface area is 129 Å². The normalized spacial score (nSPS) is 20.4. The van der Waals surface area contributed by atoms with E-state index in [1.54, 1.807) is 0 Å². The molecular weight excluding hydrogens is 260 g/mol. The average Bonchev–Trinajstić information content (AvgIpc) is 2.72. The molecule has 0 bridgehead atoms. The number of hydrogen-bond donors (Lipinski definition) is 1. The van der Waals surface area contributed by atoms with Crippen LogP contribution in [0.1, 0.15) is 51.3 Å². The number of nitrogens with one attached hydrogen (secondary N) is 1. The Morgan fingerprint density at radius 1 is 1.29 bits per heavy atom. The molecule has 1 saturated carbocycles. The van der Waals surface area contributed by atoms with E-state index in [2.05, 4.69) is 53.9 Å². The van der Waals surface area contributed by atoms with Crippen molar-refractivity contribution in [2.45, 2.75) is 70.5 Å². The number of rotatable bonds is 6. The molecule has 4 heteroatoms. The minimum Gasteiger partial charge on any atom is -0.334 e. The van der Waals surface area contributed by atoms with Gasteiger partial charge in [0, 0.05) is 37.1 Å². The van der Waals surface area contributed by atoms with E-state index in [1.165, 1.54) is 38.5 Å². The molecule has 0 radical (unpaired) electrons. The van der Waals surface area contributed by atoms with E-state index in [4.69, 9.17) is 0 Å². The minimum absolute atomic E-state index is 0.342. The van der Waals surface area contributed by atoms with Gasteiger partial charge in [0.25, 0.3) is 0 Å². The van der Waals surface area contributed by atoms with Gasteiger partial charge in [0.15, 0.2) is 0 Å². The lowest BCUT2D eigenvalue weighted by molar-refractivity contribution is 0.122. The number of hydrogen-bond acceptors (Lipinski definition) is 3. The summed E-state index contributed by atoms with van der Waals surface area (Å²) in [6, 6.07) is 0.470. The van der Waals surface area contributed by atoms with Gasteiger partial charge >= 0.3 is 0 Å². The van der Waals surface area contributed by atoms with Crippen LogP contribution in [-0.4, -0.2) is 46.7 Å². The fourth-order valence-electron chi connectivity index (χ4n) is 3.49. The molecule has 0 amide bonds. The van der Waals surface area contributed by atoms with Gasteiger partial charge in [-0.05, 0) is 40.8 Å². The summed E-state index contributed by atoms with van der Waals surface area (Å²) in [6.07, 6.45) is 12.1. The summed E-state index contributed by atoms with van der Waals surface area (Å²) in [5.41, 5.74) is 0.342. The van der Waals surface area contributed by atoms with Crippen LogP contribution in [0.25, 0.3) is 0 Å². The van der Waals surface area contributed by atoms with Gasteiger partial charge in [-0.3, -0.25) is 0 Å². The van der Waals surface area contributed by atoms with Gasteiger partial charge in [0.05, 0.1) is 0 Å². The van der Waals surface area contributed by atoms with Crippen LogP contribution >= 0.6 is 0 Å². The molecular formula is C17H32N4. The van der Waals surface area contributed by atoms with Crippen molar-refractivity contribution in [2.24, 2.45) is 0 Å². The number of aromatic nitrogens is 2. The highest BCUT2D eigenvalue weighted by atomic mass is 15.2. The Kier molecular flexibility index (Phi) is 5.82. The zero-order valence-electron chi connectivity index (χ0n) is 14.2. The summed E-state index contributed by atoms with van der Waals surface area (Å²) in [7, 11) is 4.50. The molecule has 120 valence electrons. The molecule has 1 unspecified atom stereocenters. The third kappa shape index (κ3) is 4.30. The maximum Gasteiger partial charge on any atom is 0.105 e. The van der Waals surface area contributed by atoms with Crippen molar-refractivity contribution in [3.05, 3.63) is 18.2 Å². The van der Waals surface area contributed by atoms with Gasteiger partial charge in [0.1, 0.15) is 5.82 Å². The van der Waals surface area contributed by atoms with E-state index in [9.17, 15) is 0 Å². The average molecular weight is 292 g/mol. The third-order valence-electron chi connectivity index (χ3n) is 5.16. The lowest BCUT2D eigenvalue weighted by atomic mass is 9.88. The summed E-state index contributed by atoms with van der Waals surface area (Å²) in [5, 5.41) is 3.78. The zero-order chi connectivity index (χ0) is 15.3. The lowest BCUT2D eigenvalue weighted by Gasteiger charge is -2.40. The molecule has 0 spiro atoms. The van der Waals surface area contributed by atoms with Crippen molar-refractivity contribution in [1.82, 2.24) is 19.8 Å². The highest BCUT2D eigenvalue weighted by Crippen LogP contribution is 2.30. The smallest absolute Gasteiger partial charge is 0.105 e. The number of imidazole rings is 1. The molecule has 2 rings (SSSR count). The van der Waals surface area contributed by atoms with E-state index < -0.39 is 0 Å². The summed E-state index contributed by atoms with van der Waals surface area (Å²) < 4.78 is 2.23. The standard InChI is InChI=1S/C17H32N4/c1-15(13-21-12-11-18-16(21)2)19-14-17(20(3)4)9-7-5-6-8-10-17/h11-12,15,19H,5-10,13-14H2,1-4H3. The first-order valence-corrected chi connectivity index (χ1v) is 8.42. The molecule has 1 heterocycles. The number of nitrogens with zero attached hydrogens (tertiary/aromatic N) is 3. The molecule has 0 aromatic carbocycles. The molecule has 1 aliphatic carbocycles. The molecule has 4 nitrogen and oxygen atoms in total. The second-order valence-electron chi connectivity index (χ2n) is 6.94. The van der Waals surface area contributed by atoms with Crippen molar-refractivity contribution < 1.29 is 0 Å². The van der Waals surface area contributed by atoms with Gasteiger partial charge in [-0.2, -0.15) is 0 Å². The predicted molar refractivity (Wildman–Crippen MR) is 88.5 cm³/mol. The van der Waals surface area contributed by atoms with Gasteiger partial charge in [-0.1, -0.05) is 25.7 Å². The van der Waals surface area contributed by atoms with E-state index in [0.29, 0.717) is 11.6 Å². The zero-order valence-corrected chi connectivity index (χ0v) is 14.2. The van der Waals surface area contributed by atoms with Crippen molar-refractivity contribution in [3.8, 4) is 0 Å². The minimum atomic E-state index is 0.342. The van der Waals surface area contributed by atoms with E-state index in [0.717, 1.165) is 18.9 Å². The van der Waals surface area contributed by atoms with Crippen LogP contribution in [0.3, 0.4) is 0 Å². The quantitative estimate of drug-likeness (QED) is 0.819. The molecule has 1 atom stereocenters. The molecule has 0 saturated heterocycles. The third-order valence-corrected chi connectivity index (χ3v) is 5.16.